The minimum atomic E-state index is -3.53. The van der Waals surface area contributed by atoms with E-state index in [9.17, 15) is 8.42 Å². The van der Waals surface area contributed by atoms with E-state index < -0.39 is 10.0 Å². The number of aromatic nitrogens is 2. The van der Waals surface area contributed by atoms with E-state index in [1.54, 1.807) is 12.1 Å². The maximum Gasteiger partial charge on any atom is 0.240 e. The summed E-state index contributed by atoms with van der Waals surface area (Å²) in [5.41, 5.74) is 4.15. The fourth-order valence-corrected chi connectivity index (χ4v) is 4.09. The predicted molar refractivity (Wildman–Crippen MR) is 88.6 cm³/mol. The van der Waals surface area contributed by atoms with Crippen LogP contribution in [0.5, 0.6) is 0 Å². The van der Waals surface area contributed by atoms with Crippen molar-refractivity contribution in [2.75, 3.05) is 0 Å². The van der Waals surface area contributed by atoms with Gasteiger partial charge in [-0.3, -0.25) is 0 Å². The summed E-state index contributed by atoms with van der Waals surface area (Å²) in [5.74, 6) is 0.607. The number of fused-ring (bicyclic) bond motifs is 2. The van der Waals surface area contributed by atoms with Gasteiger partial charge >= 0.3 is 0 Å². The molecule has 1 aliphatic carbocycles. The van der Waals surface area contributed by atoms with Gasteiger partial charge in [0.15, 0.2) is 0 Å². The Hall–Kier alpha value is -2.18. The summed E-state index contributed by atoms with van der Waals surface area (Å²) in [6.07, 6.45) is 3.11. The van der Waals surface area contributed by atoms with Crippen molar-refractivity contribution in [1.82, 2.24) is 14.7 Å². The highest BCUT2D eigenvalue weighted by Gasteiger charge is 2.18. The number of rotatable bonds is 4. The zero-order chi connectivity index (χ0) is 15.9. The predicted octanol–water partition coefficient (Wildman–Crippen LogP) is 2.53. The molecular formula is C17H17N3O2S. The molecule has 118 valence electrons. The molecule has 0 spiro atoms. The maximum atomic E-state index is 12.5. The molecule has 0 aliphatic heterocycles. The Morgan fingerprint density at radius 3 is 2.78 bits per heavy atom. The number of nitrogens with one attached hydrogen (secondary N) is 2. The van der Waals surface area contributed by atoms with Crippen LogP contribution < -0.4 is 4.72 Å². The average molecular weight is 327 g/mol. The Morgan fingerprint density at radius 2 is 1.91 bits per heavy atom. The van der Waals surface area contributed by atoms with Crippen LogP contribution in [0.1, 0.15) is 23.4 Å². The smallest absolute Gasteiger partial charge is 0.240 e. The van der Waals surface area contributed by atoms with Crippen molar-refractivity contribution in [2.45, 2.75) is 30.7 Å². The zero-order valence-electron chi connectivity index (χ0n) is 12.5. The topological polar surface area (TPSA) is 74.8 Å². The van der Waals surface area contributed by atoms with Crippen LogP contribution in [0.15, 0.2) is 47.4 Å². The van der Waals surface area contributed by atoms with Crippen molar-refractivity contribution in [2.24, 2.45) is 0 Å². The molecule has 0 atom stereocenters. The number of H-pyrrole nitrogens is 1. The van der Waals surface area contributed by atoms with E-state index in [-0.39, 0.29) is 6.54 Å². The van der Waals surface area contributed by atoms with Gasteiger partial charge in [-0.1, -0.05) is 18.2 Å². The van der Waals surface area contributed by atoms with Crippen LogP contribution in [0.25, 0.3) is 11.0 Å². The SMILES string of the molecule is O=S(=O)(NCc1nc2ccccc2[nH]1)c1ccc2c(c1)CCC2. The van der Waals surface area contributed by atoms with Gasteiger partial charge < -0.3 is 4.98 Å². The number of hydrogen-bond acceptors (Lipinski definition) is 3. The van der Waals surface area contributed by atoms with Crippen molar-refractivity contribution in [3.63, 3.8) is 0 Å². The summed E-state index contributed by atoms with van der Waals surface area (Å²) in [5, 5.41) is 0. The molecule has 3 aromatic rings. The van der Waals surface area contributed by atoms with Gasteiger partial charge in [-0.15, -0.1) is 0 Å². The second-order valence-corrected chi connectivity index (χ2v) is 7.58. The van der Waals surface area contributed by atoms with Gasteiger partial charge in [0.1, 0.15) is 5.82 Å². The fraction of sp³-hybridized carbons (Fsp3) is 0.235. The summed E-state index contributed by atoms with van der Waals surface area (Å²) in [6, 6.07) is 13.0. The molecule has 0 radical (unpaired) electrons. The molecule has 0 saturated carbocycles. The molecule has 2 N–H and O–H groups in total. The largest absolute Gasteiger partial charge is 0.341 e. The van der Waals surface area contributed by atoms with Crippen molar-refractivity contribution >= 4 is 21.1 Å². The minimum absolute atomic E-state index is 0.147. The molecule has 6 heteroatoms. The molecule has 0 amide bonds. The molecule has 0 bridgehead atoms. The van der Waals surface area contributed by atoms with E-state index in [0.29, 0.717) is 10.7 Å². The summed E-state index contributed by atoms with van der Waals surface area (Å²) < 4.78 is 27.6. The third kappa shape index (κ3) is 2.75. The normalized spacial score (nSPS) is 14.3. The van der Waals surface area contributed by atoms with Gasteiger partial charge in [0, 0.05) is 0 Å². The standard InChI is InChI=1S/C17H17N3O2S/c21-23(22,14-9-8-12-4-3-5-13(12)10-14)18-11-17-19-15-6-1-2-7-16(15)20-17/h1-2,6-10,18H,3-5,11H2,(H,19,20). The number of para-hydroxylation sites is 2. The van der Waals surface area contributed by atoms with E-state index >= 15 is 0 Å². The first-order valence-corrected chi connectivity index (χ1v) is 9.15. The van der Waals surface area contributed by atoms with E-state index in [4.69, 9.17) is 0 Å². The number of aromatic amines is 1. The van der Waals surface area contributed by atoms with Crippen LogP contribution in [0.2, 0.25) is 0 Å². The molecule has 5 nitrogen and oxygen atoms in total. The van der Waals surface area contributed by atoms with Gasteiger partial charge in [0.2, 0.25) is 10.0 Å². The van der Waals surface area contributed by atoms with E-state index in [1.165, 1.54) is 5.56 Å². The Kier molecular flexibility index (Phi) is 3.43. The zero-order valence-corrected chi connectivity index (χ0v) is 13.4. The van der Waals surface area contributed by atoms with Crippen LogP contribution in [-0.4, -0.2) is 18.4 Å². The lowest BCUT2D eigenvalue weighted by Crippen LogP contribution is -2.24. The second-order valence-electron chi connectivity index (χ2n) is 5.81. The van der Waals surface area contributed by atoms with Gasteiger partial charge in [0.05, 0.1) is 22.5 Å². The van der Waals surface area contributed by atoms with Crippen molar-refractivity contribution in [1.29, 1.82) is 0 Å². The molecule has 0 saturated heterocycles. The van der Waals surface area contributed by atoms with Gasteiger partial charge in [0.25, 0.3) is 0 Å². The Balaban J connectivity index is 1.55. The molecule has 1 aromatic heterocycles. The number of imidazole rings is 1. The molecule has 1 heterocycles. The first kappa shape index (κ1) is 14.4. The number of benzene rings is 2. The van der Waals surface area contributed by atoms with E-state index in [0.717, 1.165) is 35.9 Å². The van der Waals surface area contributed by atoms with Crippen molar-refractivity contribution in [3.8, 4) is 0 Å². The highest BCUT2D eigenvalue weighted by molar-refractivity contribution is 7.89. The number of aryl methyl sites for hydroxylation is 2. The van der Waals surface area contributed by atoms with Crippen molar-refractivity contribution in [3.05, 3.63) is 59.4 Å². The molecule has 1 aliphatic rings. The van der Waals surface area contributed by atoms with Gasteiger partial charge in [-0.2, -0.15) is 0 Å². The van der Waals surface area contributed by atoms with Crippen LogP contribution in [0.3, 0.4) is 0 Å². The molecular weight excluding hydrogens is 310 g/mol. The van der Waals surface area contributed by atoms with Crippen LogP contribution in [0.4, 0.5) is 0 Å². The quantitative estimate of drug-likeness (QED) is 0.773. The number of hydrogen-bond donors (Lipinski definition) is 2. The minimum Gasteiger partial charge on any atom is -0.341 e. The number of nitrogens with zero attached hydrogens (tertiary/aromatic N) is 1. The molecule has 4 rings (SSSR count). The van der Waals surface area contributed by atoms with Crippen LogP contribution in [0, 0.1) is 0 Å². The van der Waals surface area contributed by atoms with Crippen LogP contribution in [-0.2, 0) is 29.4 Å². The van der Waals surface area contributed by atoms with E-state index in [1.807, 2.05) is 30.3 Å². The molecule has 23 heavy (non-hydrogen) atoms. The Labute approximate surface area is 134 Å². The average Bonchev–Trinajstić information content (AvgIpc) is 3.18. The molecule has 2 aromatic carbocycles. The first-order chi connectivity index (χ1) is 11.1. The molecule has 0 unspecified atom stereocenters. The third-order valence-electron chi connectivity index (χ3n) is 4.25. The van der Waals surface area contributed by atoms with E-state index in [2.05, 4.69) is 14.7 Å². The maximum absolute atomic E-state index is 12.5. The molecule has 0 fully saturated rings. The summed E-state index contributed by atoms with van der Waals surface area (Å²) in [6.45, 7) is 0.147. The monoisotopic (exact) mass is 327 g/mol. The van der Waals surface area contributed by atoms with Crippen molar-refractivity contribution < 1.29 is 8.42 Å². The first-order valence-electron chi connectivity index (χ1n) is 7.67. The lowest BCUT2D eigenvalue weighted by molar-refractivity contribution is 0.579. The third-order valence-corrected chi connectivity index (χ3v) is 5.65. The second kappa shape index (κ2) is 5.47. The van der Waals surface area contributed by atoms with Crippen LogP contribution >= 0.6 is 0 Å². The summed E-state index contributed by atoms with van der Waals surface area (Å²) in [4.78, 5) is 7.84. The summed E-state index contributed by atoms with van der Waals surface area (Å²) in [7, 11) is -3.53. The lowest BCUT2D eigenvalue weighted by Gasteiger charge is -2.07. The summed E-state index contributed by atoms with van der Waals surface area (Å²) >= 11 is 0. The fourth-order valence-electron chi connectivity index (χ4n) is 3.05. The highest BCUT2D eigenvalue weighted by Crippen LogP contribution is 2.24. The number of sulfonamides is 1. The Morgan fingerprint density at radius 1 is 1.09 bits per heavy atom. The lowest BCUT2D eigenvalue weighted by atomic mass is 10.1. The van der Waals surface area contributed by atoms with Gasteiger partial charge in [-0.05, 0) is 54.7 Å². The Bertz CT molecular complexity index is 943. The van der Waals surface area contributed by atoms with Gasteiger partial charge in [-0.25, -0.2) is 18.1 Å². The highest BCUT2D eigenvalue weighted by atomic mass is 32.2.